The number of aryl methyl sites for hydroxylation is 1. The van der Waals surface area contributed by atoms with Crippen LogP contribution in [0.25, 0.3) is 0 Å². The van der Waals surface area contributed by atoms with E-state index in [1.807, 2.05) is 6.07 Å². The molecule has 21 heavy (non-hydrogen) atoms. The van der Waals surface area contributed by atoms with Crippen molar-refractivity contribution in [3.05, 3.63) is 35.4 Å². The highest BCUT2D eigenvalue weighted by molar-refractivity contribution is 7.87. The van der Waals surface area contributed by atoms with Gasteiger partial charge in [0.25, 0.3) is 10.2 Å². The second-order valence-corrected chi connectivity index (χ2v) is 7.41. The first-order valence-corrected chi connectivity index (χ1v) is 9.01. The average Bonchev–Trinajstić information content (AvgIpc) is 2.54. The molecule has 3 rings (SSSR count). The molecule has 1 N–H and O–H groups in total. The highest BCUT2D eigenvalue weighted by atomic mass is 32.2. The zero-order valence-corrected chi connectivity index (χ0v) is 12.9. The van der Waals surface area contributed by atoms with E-state index in [9.17, 15) is 8.42 Å². The number of nitrogens with zero attached hydrogens (tertiary/aromatic N) is 1. The van der Waals surface area contributed by atoms with Gasteiger partial charge < -0.3 is 4.74 Å². The van der Waals surface area contributed by atoms with Gasteiger partial charge in [-0.2, -0.15) is 12.7 Å². The quantitative estimate of drug-likeness (QED) is 0.911. The van der Waals surface area contributed by atoms with Gasteiger partial charge >= 0.3 is 0 Å². The van der Waals surface area contributed by atoms with Crippen LogP contribution in [0.2, 0.25) is 0 Å². The van der Waals surface area contributed by atoms with Crippen molar-refractivity contribution in [1.82, 2.24) is 9.03 Å². The fourth-order valence-corrected chi connectivity index (χ4v) is 4.37. The minimum Gasteiger partial charge on any atom is -0.379 e. The van der Waals surface area contributed by atoms with Crippen LogP contribution >= 0.6 is 0 Å². The Morgan fingerprint density at radius 2 is 2.00 bits per heavy atom. The number of fused-ring (bicyclic) bond motifs is 1. The molecule has 0 spiro atoms. The minimum absolute atomic E-state index is 0.283. The lowest BCUT2D eigenvalue weighted by molar-refractivity contribution is 0.0724. The number of hydrogen-bond acceptors (Lipinski definition) is 3. The van der Waals surface area contributed by atoms with Crippen LogP contribution < -0.4 is 4.72 Å². The van der Waals surface area contributed by atoms with Crippen molar-refractivity contribution < 1.29 is 13.2 Å². The molecule has 1 aromatic rings. The van der Waals surface area contributed by atoms with E-state index in [2.05, 4.69) is 22.9 Å². The number of benzene rings is 1. The van der Waals surface area contributed by atoms with Gasteiger partial charge in [0.15, 0.2) is 0 Å². The van der Waals surface area contributed by atoms with Crippen molar-refractivity contribution in [2.45, 2.75) is 25.2 Å². The molecule has 0 unspecified atom stereocenters. The normalized spacial score (nSPS) is 23.7. The molecular formula is C15H22N2O3S. The van der Waals surface area contributed by atoms with Gasteiger partial charge in [-0.15, -0.1) is 0 Å². The Morgan fingerprint density at radius 1 is 1.24 bits per heavy atom. The van der Waals surface area contributed by atoms with Crippen molar-refractivity contribution in [3.8, 4) is 0 Å². The summed E-state index contributed by atoms with van der Waals surface area (Å²) in [6, 6.07) is 8.37. The first-order chi connectivity index (χ1) is 10.2. The van der Waals surface area contributed by atoms with Crippen molar-refractivity contribution in [3.63, 3.8) is 0 Å². The van der Waals surface area contributed by atoms with Crippen LogP contribution in [0.15, 0.2) is 24.3 Å². The predicted molar refractivity (Wildman–Crippen MR) is 81.4 cm³/mol. The van der Waals surface area contributed by atoms with E-state index in [4.69, 9.17) is 4.74 Å². The van der Waals surface area contributed by atoms with Gasteiger partial charge in [0.1, 0.15) is 0 Å². The van der Waals surface area contributed by atoms with Crippen LogP contribution in [0.4, 0.5) is 0 Å². The summed E-state index contributed by atoms with van der Waals surface area (Å²) in [5.74, 6) is 0.283. The van der Waals surface area contributed by atoms with Crippen LogP contribution in [-0.4, -0.2) is 45.6 Å². The lowest BCUT2D eigenvalue weighted by Crippen LogP contribution is -2.47. The summed E-state index contributed by atoms with van der Waals surface area (Å²) in [7, 11) is -3.38. The monoisotopic (exact) mass is 310 g/mol. The Bertz CT molecular complexity index is 582. The summed E-state index contributed by atoms with van der Waals surface area (Å²) in [6.07, 6.45) is 3.27. The molecule has 0 saturated carbocycles. The van der Waals surface area contributed by atoms with Gasteiger partial charge in [-0.25, -0.2) is 4.72 Å². The number of ether oxygens (including phenoxy) is 1. The Balaban J connectivity index is 1.65. The van der Waals surface area contributed by atoms with Crippen LogP contribution in [0.5, 0.6) is 0 Å². The summed E-state index contributed by atoms with van der Waals surface area (Å²) in [6.45, 7) is 2.32. The lowest BCUT2D eigenvalue weighted by atomic mass is 9.83. The molecule has 1 fully saturated rings. The number of rotatable bonds is 4. The molecule has 5 nitrogen and oxygen atoms in total. The molecule has 0 aromatic heterocycles. The number of morpholine rings is 1. The Labute approximate surface area is 126 Å². The van der Waals surface area contributed by atoms with Gasteiger partial charge in [0.2, 0.25) is 0 Å². The van der Waals surface area contributed by atoms with E-state index in [0.717, 1.165) is 19.3 Å². The standard InChI is InChI=1S/C15H22N2O3S/c18-21(19,17-8-10-20-11-9-17)16-12-14-6-3-5-13-4-1-2-7-15(13)14/h1-2,4,7,14,16H,3,5-6,8-12H2/t14-/m0/s1. The Hall–Kier alpha value is -0.950. The van der Waals surface area contributed by atoms with Crippen LogP contribution in [0.1, 0.15) is 29.9 Å². The maximum Gasteiger partial charge on any atom is 0.279 e. The van der Waals surface area contributed by atoms with E-state index >= 15 is 0 Å². The highest BCUT2D eigenvalue weighted by Gasteiger charge is 2.26. The molecule has 0 bridgehead atoms. The minimum atomic E-state index is -3.38. The van der Waals surface area contributed by atoms with E-state index in [0.29, 0.717) is 32.8 Å². The molecule has 1 atom stereocenters. The SMILES string of the molecule is O=S(=O)(NC[C@@H]1CCCc2ccccc21)N1CCOCC1. The molecule has 1 aromatic carbocycles. The number of hydrogen-bond donors (Lipinski definition) is 1. The van der Waals surface area contributed by atoms with Crippen molar-refractivity contribution in [2.24, 2.45) is 0 Å². The lowest BCUT2D eigenvalue weighted by Gasteiger charge is -2.29. The van der Waals surface area contributed by atoms with Gasteiger partial charge in [-0.1, -0.05) is 24.3 Å². The topological polar surface area (TPSA) is 58.6 Å². The zero-order valence-electron chi connectivity index (χ0n) is 12.1. The molecule has 6 heteroatoms. The summed E-state index contributed by atoms with van der Waals surface area (Å²) >= 11 is 0. The summed E-state index contributed by atoms with van der Waals surface area (Å²) < 4.78 is 34.1. The van der Waals surface area contributed by atoms with E-state index in [1.165, 1.54) is 15.4 Å². The molecule has 0 amide bonds. The van der Waals surface area contributed by atoms with Crippen LogP contribution in [0, 0.1) is 0 Å². The fraction of sp³-hybridized carbons (Fsp3) is 0.600. The smallest absolute Gasteiger partial charge is 0.279 e. The van der Waals surface area contributed by atoms with E-state index in [-0.39, 0.29) is 5.92 Å². The van der Waals surface area contributed by atoms with Crippen molar-refractivity contribution in [2.75, 3.05) is 32.8 Å². The first-order valence-electron chi connectivity index (χ1n) is 7.57. The largest absolute Gasteiger partial charge is 0.379 e. The number of nitrogens with one attached hydrogen (secondary N) is 1. The highest BCUT2D eigenvalue weighted by Crippen LogP contribution is 2.30. The van der Waals surface area contributed by atoms with Gasteiger partial charge in [-0.05, 0) is 36.3 Å². The van der Waals surface area contributed by atoms with Crippen molar-refractivity contribution >= 4 is 10.2 Å². The maximum absolute atomic E-state index is 12.3. The third-order valence-corrected chi connectivity index (χ3v) is 5.89. The second-order valence-electron chi connectivity index (χ2n) is 5.65. The average molecular weight is 310 g/mol. The molecule has 0 radical (unpaired) electrons. The molecule has 2 aliphatic rings. The fourth-order valence-electron chi connectivity index (χ4n) is 3.15. The van der Waals surface area contributed by atoms with Crippen molar-refractivity contribution in [1.29, 1.82) is 0 Å². The molecule has 1 aliphatic carbocycles. The predicted octanol–water partition coefficient (Wildman–Crippen LogP) is 1.27. The van der Waals surface area contributed by atoms with E-state index in [1.54, 1.807) is 0 Å². The van der Waals surface area contributed by atoms with Crippen LogP contribution in [0.3, 0.4) is 0 Å². The van der Waals surface area contributed by atoms with Gasteiger partial charge in [0.05, 0.1) is 13.2 Å². The maximum atomic E-state index is 12.3. The zero-order chi connectivity index (χ0) is 14.7. The molecule has 1 saturated heterocycles. The van der Waals surface area contributed by atoms with Gasteiger partial charge in [-0.3, -0.25) is 0 Å². The Kier molecular flexibility index (Phi) is 4.59. The summed E-state index contributed by atoms with van der Waals surface area (Å²) in [5.41, 5.74) is 2.66. The summed E-state index contributed by atoms with van der Waals surface area (Å²) in [5, 5.41) is 0. The first kappa shape index (κ1) is 15.0. The molecule has 1 heterocycles. The third-order valence-electron chi connectivity index (χ3n) is 4.32. The Morgan fingerprint density at radius 3 is 2.81 bits per heavy atom. The third kappa shape index (κ3) is 3.45. The molecule has 1 aliphatic heterocycles. The molecule has 116 valence electrons. The second kappa shape index (κ2) is 6.44. The van der Waals surface area contributed by atoms with Gasteiger partial charge in [0, 0.05) is 19.6 Å². The van der Waals surface area contributed by atoms with E-state index < -0.39 is 10.2 Å². The molecular weight excluding hydrogens is 288 g/mol. The summed E-state index contributed by atoms with van der Waals surface area (Å²) in [4.78, 5) is 0. The van der Waals surface area contributed by atoms with Crippen LogP contribution in [-0.2, 0) is 21.4 Å².